The number of phenolic OH excluding ortho intramolecular Hbond substituents is 1. The van der Waals surface area contributed by atoms with Gasteiger partial charge in [-0.2, -0.15) is 0 Å². The van der Waals surface area contributed by atoms with Gasteiger partial charge in [0.2, 0.25) is 5.91 Å². The molecule has 1 rings (SSSR count). The summed E-state index contributed by atoms with van der Waals surface area (Å²) in [5, 5.41) is 21.7. The molecule has 0 aliphatic rings. The van der Waals surface area contributed by atoms with Gasteiger partial charge in [0.05, 0.1) is 12.1 Å². The molecule has 5 heteroatoms. The van der Waals surface area contributed by atoms with Crippen LogP contribution < -0.4 is 11.1 Å². The van der Waals surface area contributed by atoms with Gasteiger partial charge in [0.15, 0.2) is 0 Å². The number of hydrogen-bond acceptors (Lipinski definition) is 4. The standard InChI is InChI=1S/C16H26N2O3/c1-16(2,3)9-13(20)10-18-15(21)14(17)8-11-4-6-12(19)7-5-11/h4-7,13-14,19-20H,8-10,17H2,1-3H3,(H,18,21). The van der Waals surface area contributed by atoms with Crippen molar-refractivity contribution >= 4 is 5.91 Å². The number of aliphatic hydroxyl groups is 1. The lowest BCUT2D eigenvalue weighted by Crippen LogP contribution is -2.45. The SMILES string of the molecule is CC(C)(C)CC(O)CNC(=O)C(N)Cc1ccc(O)cc1. The highest BCUT2D eigenvalue weighted by atomic mass is 16.3. The number of hydrogen-bond donors (Lipinski definition) is 4. The van der Waals surface area contributed by atoms with Crippen LogP contribution >= 0.6 is 0 Å². The third-order valence-electron chi connectivity index (χ3n) is 3.09. The average Bonchev–Trinajstić information content (AvgIpc) is 2.36. The first kappa shape index (κ1) is 17.5. The minimum atomic E-state index is -0.670. The first-order valence-corrected chi connectivity index (χ1v) is 7.16. The normalized spacial score (nSPS) is 14.5. The van der Waals surface area contributed by atoms with Gasteiger partial charge in [-0.05, 0) is 36.0 Å². The van der Waals surface area contributed by atoms with Gasteiger partial charge in [-0.25, -0.2) is 0 Å². The Morgan fingerprint density at radius 3 is 2.38 bits per heavy atom. The van der Waals surface area contributed by atoms with E-state index in [2.05, 4.69) is 5.32 Å². The van der Waals surface area contributed by atoms with Gasteiger partial charge in [0.25, 0.3) is 0 Å². The second-order valence-electron chi connectivity index (χ2n) is 6.64. The van der Waals surface area contributed by atoms with E-state index in [0.29, 0.717) is 12.8 Å². The first-order chi connectivity index (χ1) is 9.67. The van der Waals surface area contributed by atoms with Gasteiger partial charge in [0, 0.05) is 6.54 Å². The number of nitrogens with one attached hydrogen (secondary N) is 1. The van der Waals surface area contributed by atoms with Crippen LogP contribution in [0.25, 0.3) is 0 Å². The highest BCUT2D eigenvalue weighted by Crippen LogP contribution is 2.20. The van der Waals surface area contributed by atoms with E-state index in [-0.39, 0.29) is 23.6 Å². The number of rotatable bonds is 6. The smallest absolute Gasteiger partial charge is 0.237 e. The van der Waals surface area contributed by atoms with Crippen LogP contribution in [-0.4, -0.2) is 34.8 Å². The zero-order chi connectivity index (χ0) is 16.0. The topological polar surface area (TPSA) is 95.6 Å². The largest absolute Gasteiger partial charge is 0.508 e. The zero-order valence-electron chi connectivity index (χ0n) is 13.0. The summed E-state index contributed by atoms with van der Waals surface area (Å²) >= 11 is 0. The predicted octanol–water partition coefficient (Wildman–Crippen LogP) is 1.18. The molecule has 0 bridgehead atoms. The molecular weight excluding hydrogens is 268 g/mol. The zero-order valence-corrected chi connectivity index (χ0v) is 13.0. The van der Waals surface area contributed by atoms with Crippen LogP contribution in [0.4, 0.5) is 0 Å². The number of phenols is 1. The van der Waals surface area contributed by atoms with Crippen molar-refractivity contribution in [2.24, 2.45) is 11.1 Å². The summed E-state index contributed by atoms with van der Waals surface area (Å²) in [7, 11) is 0. The summed E-state index contributed by atoms with van der Waals surface area (Å²) in [6.07, 6.45) is 0.428. The Kier molecular flexibility index (Phi) is 6.18. The van der Waals surface area contributed by atoms with Crippen LogP contribution in [-0.2, 0) is 11.2 Å². The molecule has 0 saturated carbocycles. The van der Waals surface area contributed by atoms with Crippen LogP contribution in [0, 0.1) is 5.41 Å². The number of aromatic hydroxyl groups is 1. The van der Waals surface area contributed by atoms with Crippen molar-refractivity contribution in [2.45, 2.75) is 45.8 Å². The molecule has 2 unspecified atom stereocenters. The van der Waals surface area contributed by atoms with Crippen LogP contribution in [0.1, 0.15) is 32.8 Å². The molecule has 0 aliphatic carbocycles. The molecule has 118 valence electrons. The summed E-state index contributed by atoms with van der Waals surface area (Å²) in [6, 6.07) is 5.92. The fourth-order valence-corrected chi connectivity index (χ4v) is 2.11. The Labute approximate surface area is 126 Å². The Morgan fingerprint density at radius 2 is 1.86 bits per heavy atom. The fourth-order valence-electron chi connectivity index (χ4n) is 2.11. The third kappa shape index (κ3) is 7.11. The lowest BCUT2D eigenvalue weighted by molar-refractivity contribution is -0.122. The second-order valence-corrected chi connectivity index (χ2v) is 6.64. The molecule has 0 heterocycles. The molecule has 0 aromatic heterocycles. The molecule has 0 fully saturated rings. The number of benzene rings is 1. The number of amides is 1. The van der Waals surface area contributed by atoms with Gasteiger partial charge in [-0.3, -0.25) is 4.79 Å². The van der Waals surface area contributed by atoms with Crippen LogP contribution in [0.2, 0.25) is 0 Å². The van der Waals surface area contributed by atoms with Crippen LogP contribution in [0.15, 0.2) is 24.3 Å². The first-order valence-electron chi connectivity index (χ1n) is 7.16. The molecule has 0 radical (unpaired) electrons. The number of nitrogens with two attached hydrogens (primary N) is 1. The van der Waals surface area contributed by atoms with E-state index in [9.17, 15) is 15.0 Å². The van der Waals surface area contributed by atoms with E-state index in [1.165, 1.54) is 0 Å². The molecule has 0 spiro atoms. The maximum absolute atomic E-state index is 11.9. The summed E-state index contributed by atoms with van der Waals surface area (Å²) < 4.78 is 0. The van der Waals surface area contributed by atoms with E-state index in [4.69, 9.17) is 5.73 Å². The van der Waals surface area contributed by atoms with Crippen molar-refractivity contribution in [1.29, 1.82) is 0 Å². The Hall–Kier alpha value is -1.59. The molecular formula is C16H26N2O3. The molecule has 5 nitrogen and oxygen atoms in total. The average molecular weight is 294 g/mol. The van der Waals surface area contributed by atoms with Gasteiger partial charge >= 0.3 is 0 Å². The molecule has 21 heavy (non-hydrogen) atoms. The molecule has 0 saturated heterocycles. The minimum absolute atomic E-state index is 0.0122. The Balaban J connectivity index is 2.39. The summed E-state index contributed by atoms with van der Waals surface area (Å²) in [6.45, 7) is 6.32. The van der Waals surface area contributed by atoms with Crippen LogP contribution in [0.3, 0.4) is 0 Å². The maximum atomic E-state index is 11.9. The van der Waals surface area contributed by atoms with Gasteiger partial charge in [0.1, 0.15) is 5.75 Å². The van der Waals surface area contributed by atoms with Gasteiger partial charge in [-0.15, -0.1) is 0 Å². The molecule has 0 aliphatic heterocycles. The summed E-state index contributed by atoms with van der Waals surface area (Å²) in [5.41, 5.74) is 6.74. The van der Waals surface area contributed by atoms with E-state index < -0.39 is 12.1 Å². The van der Waals surface area contributed by atoms with Gasteiger partial charge < -0.3 is 21.3 Å². The number of aliphatic hydroxyl groups excluding tert-OH is 1. The van der Waals surface area contributed by atoms with Gasteiger partial charge in [-0.1, -0.05) is 32.9 Å². The van der Waals surface area contributed by atoms with Crippen LogP contribution in [0.5, 0.6) is 5.75 Å². The lowest BCUT2D eigenvalue weighted by Gasteiger charge is -2.23. The van der Waals surface area contributed by atoms with Crippen molar-refractivity contribution in [3.05, 3.63) is 29.8 Å². The maximum Gasteiger partial charge on any atom is 0.237 e. The molecule has 1 aromatic carbocycles. The quantitative estimate of drug-likeness (QED) is 0.633. The highest BCUT2D eigenvalue weighted by molar-refractivity contribution is 5.81. The molecule has 1 amide bonds. The second kappa shape index (κ2) is 7.43. The molecule has 1 aromatic rings. The Bertz CT molecular complexity index is 452. The van der Waals surface area contributed by atoms with Crippen molar-refractivity contribution in [3.8, 4) is 5.75 Å². The lowest BCUT2D eigenvalue weighted by atomic mass is 9.89. The highest BCUT2D eigenvalue weighted by Gasteiger charge is 2.19. The minimum Gasteiger partial charge on any atom is -0.508 e. The molecule has 5 N–H and O–H groups in total. The third-order valence-corrected chi connectivity index (χ3v) is 3.09. The summed E-state index contributed by atoms with van der Waals surface area (Å²) in [5.74, 6) is -0.0990. The number of carbonyl (C=O) groups is 1. The fraction of sp³-hybridized carbons (Fsp3) is 0.562. The summed E-state index contributed by atoms with van der Waals surface area (Å²) in [4.78, 5) is 11.9. The van der Waals surface area contributed by atoms with E-state index in [1.807, 2.05) is 20.8 Å². The monoisotopic (exact) mass is 294 g/mol. The van der Waals surface area contributed by atoms with E-state index in [1.54, 1.807) is 24.3 Å². The predicted molar refractivity (Wildman–Crippen MR) is 82.9 cm³/mol. The van der Waals surface area contributed by atoms with E-state index >= 15 is 0 Å². The van der Waals surface area contributed by atoms with Crippen molar-refractivity contribution in [1.82, 2.24) is 5.32 Å². The molecule has 2 atom stereocenters. The number of carbonyl (C=O) groups excluding carboxylic acids is 1. The Morgan fingerprint density at radius 1 is 1.29 bits per heavy atom. The van der Waals surface area contributed by atoms with Crippen molar-refractivity contribution in [3.63, 3.8) is 0 Å². The van der Waals surface area contributed by atoms with Crippen molar-refractivity contribution < 1.29 is 15.0 Å². The van der Waals surface area contributed by atoms with E-state index in [0.717, 1.165) is 5.56 Å². The van der Waals surface area contributed by atoms with Crippen molar-refractivity contribution in [2.75, 3.05) is 6.54 Å².